The van der Waals surface area contributed by atoms with E-state index in [9.17, 15) is 8.42 Å². The predicted molar refractivity (Wildman–Crippen MR) is 81.7 cm³/mol. The quantitative estimate of drug-likeness (QED) is 0.712. The highest BCUT2D eigenvalue weighted by molar-refractivity contribution is 7.90. The van der Waals surface area contributed by atoms with Gasteiger partial charge in [-0.3, -0.25) is 0 Å². The number of benzene rings is 1. The number of rotatable bonds is 9. The van der Waals surface area contributed by atoms with E-state index in [1.165, 1.54) is 6.26 Å². The van der Waals surface area contributed by atoms with Crippen molar-refractivity contribution in [3.8, 4) is 0 Å². The molecule has 1 rings (SSSR count). The summed E-state index contributed by atoms with van der Waals surface area (Å²) in [7, 11) is -3.17. The predicted octanol–water partition coefficient (Wildman–Crippen LogP) is 2.56. The average Bonchev–Trinajstić information content (AvgIpc) is 2.42. The first-order chi connectivity index (χ1) is 9.49. The maximum Gasteiger partial charge on any atom is 0.175 e. The minimum absolute atomic E-state index is 0.0307. The van der Waals surface area contributed by atoms with E-state index in [0.717, 1.165) is 31.6 Å². The maximum atomic E-state index is 11.6. The third-order valence-electron chi connectivity index (χ3n) is 2.96. The van der Waals surface area contributed by atoms with E-state index < -0.39 is 9.84 Å². The summed E-state index contributed by atoms with van der Waals surface area (Å²) in [5.41, 5.74) is 0.956. The third-order valence-corrected chi connectivity index (χ3v) is 4.07. The van der Waals surface area contributed by atoms with Gasteiger partial charge in [0.05, 0.1) is 17.5 Å². The van der Waals surface area contributed by atoms with Crippen molar-refractivity contribution in [2.75, 3.05) is 26.0 Å². The molecule has 0 fully saturated rings. The largest absolute Gasteiger partial charge is 0.379 e. The Morgan fingerprint density at radius 2 is 2.00 bits per heavy atom. The Labute approximate surface area is 122 Å². The van der Waals surface area contributed by atoms with Crippen LogP contribution in [0.5, 0.6) is 0 Å². The molecule has 1 atom stereocenters. The molecule has 1 unspecified atom stereocenters. The van der Waals surface area contributed by atoms with Crippen LogP contribution in [0.2, 0.25) is 0 Å². The van der Waals surface area contributed by atoms with Gasteiger partial charge in [-0.25, -0.2) is 8.42 Å². The first kappa shape index (κ1) is 17.1. The van der Waals surface area contributed by atoms with E-state index in [1.807, 2.05) is 6.07 Å². The van der Waals surface area contributed by atoms with Crippen LogP contribution < -0.4 is 5.32 Å². The fourth-order valence-corrected chi connectivity index (χ4v) is 2.57. The van der Waals surface area contributed by atoms with Gasteiger partial charge in [-0.2, -0.15) is 0 Å². The molecule has 0 heterocycles. The summed E-state index contributed by atoms with van der Waals surface area (Å²) in [5, 5.41) is 3.40. The lowest BCUT2D eigenvalue weighted by molar-refractivity contribution is 0.112. The highest BCUT2D eigenvalue weighted by atomic mass is 32.2. The van der Waals surface area contributed by atoms with Crippen LogP contribution in [-0.4, -0.2) is 34.4 Å². The molecule has 4 nitrogen and oxygen atoms in total. The molecule has 0 radical (unpaired) electrons. The van der Waals surface area contributed by atoms with Gasteiger partial charge in [0.2, 0.25) is 0 Å². The fourth-order valence-electron chi connectivity index (χ4n) is 1.90. The molecular weight excluding hydrogens is 274 g/mol. The molecular formula is C15H25NO3S. The van der Waals surface area contributed by atoms with Crippen LogP contribution in [0.1, 0.15) is 38.3 Å². The smallest absolute Gasteiger partial charge is 0.175 e. The molecule has 0 aliphatic heterocycles. The summed E-state index contributed by atoms with van der Waals surface area (Å²) >= 11 is 0. The first-order valence-corrected chi connectivity index (χ1v) is 8.99. The molecule has 20 heavy (non-hydrogen) atoms. The molecule has 114 valence electrons. The van der Waals surface area contributed by atoms with E-state index in [0.29, 0.717) is 11.5 Å². The van der Waals surface area contributed by atoms with E-state index in [2.05, 4.69) is 19.2 Å². The Hall–Kier alpha value is -0.910. The zero-order chi connectivity index (χ0) is 15.0. The highest BCUT2D eigenvalue weighted by Crippen LogP contribution is 2.18. The number of ether oxygens (including phenoxy) is 1. The van der Waals surface area contributed by atoms with Gasteiger partial charge in [-0.1, -0.05) is 26.0 Å². The third kappa shape index (κ3) is 5.61. The molecule has 0 amide bonds. The van der Waals surface area contributed by atoms with Gasteiger partial charge in [0, 0.05) is 12.9 Å². The Morgan fingerprint density at radius 3 is 2.60 bits per heavy atom. The Bertz CT molecular complexity index is 500. The molecule has 5 heteroatoms. The summed E-state index contributed by atoms with van der Waals surface area (Å²) in [5.74, 6) is 0. The van der Waals surface area contributed by atoms with E-state index in [4.69, 9.17) is 4.74 Å². The summed E-state index contributed by atoms with van der Waals surface area (Å²) in [6, 6.07) is 7.12. The average molecular weight is 299 g/mol. The molecule has 0 bridgehead atoms. The SMILES string of the molecule is CCCNC(COCCC)c1cccc(S(C)(=O)=O)c1. The highest BCUT2D eigenvalue weighted by Gasteiger charge is 2.14. The molecule has 0 aliphatic carbocycles. The van der Waals surface area contributed by atoms with E-state index in [-0.39, 0.29) is 6.04 Å². The standard InChI is InChI=1S/C15H25NO3S/c1-4-9-16-15(12-19-10-5-2)13-7-6-8-14(11-13)20(3,17)18/h6-8,11,15-16H,4-5,9-10,12H2,1-3H3. The molecule has 1 N–H and O–H groups in total. The number of sulfone groups is 1. The zero-order valence-corrected chi connectivity index (χ0v) is 13.4. The summed E-state index contributed by atoms with van der Waals surface area (Å²) < 4.78 is 28.9. The molecule has 0 spiro atoms. The second-order valence-electron chi connectivity index (χ2n) is 4.93. The Balaban J connectivity index is 2.88. The summed E-state index contributed by atoms with van der Waals surface area (Å²) in [6.07, 6.45) is 3.23. The van der Waals surface area contributed by atoms with Gasteiger partial charge in [0.25, 0.3) is 0 Å². The van der Waals surface area contributed by atoms with Crippen molar-refractivity contribution in [1.82, 2.24) is 5.32 Å². The normalized spacial score (nSPS) is 13.3. The summed E-state index contributed by atoms with van der Waals surface area (Å²) in [6.45, 7) is 6.32. The van der Waals surface area contributed by atoms with Crippen molar-refractivity contribution < 1.29 is 13.2 Å². The molecule has 1 aromatic rings. The van der Waals surface area contributed by atoms with Gasteiger partial charge in [0.1, 0.15) is 0 Å². The lowest BCUT2D eigenvalue weighted by Crippen LogP contribution is -2.26. The topological polar surface area (TPSA) is 55.4 Å². The van der Waals surface area contributed by atoms with Crippen molar-refractivity contribution in [3.05, 3.63) is 29.8 Å². The molecule has 1 aromatic carbocycles. The number of hydrogen-bond donors (Lipinski definition) is 1. The van der Waals surface area contributed by atoms with Crippen molar-refractivity contribution in [3.63, 3.8) is 0 Å². The van der Waals surface area contributed by atoms with E-state index >= 15 is 0 Å². The van der Waals surface area contributed by atoms with Crippen molar-refractivity contribution in [1.29, 1.82) is 0 Å². The van der Waals surface area contributed by atoms with Crippen molar-refractivity contribution in [2.45, 2.75) is 37.6 Å². The van der Waals surface area contributed by atoms with Crippen molar-refractivity contribution in [2.24, 2.45) is 0 Å². The lowest BCUT2D eigenvalue weighted by atomic mass is 10.1. The number of hydrogen-bond acceptors (Lipinski definition) is 4. The molecule has 0 aromatic heterocycles. The van der Waals surface area contributed by atoms with Crippen LogP contribution in [0.4, 0.5) is 0 Å². The van der Waals surface area contributed by atoms with E-state index in [1.54, 1.807) is 18.2 Å². The van der Waals surface area contributed by atoms with Crippen LogP contribution in [0.15, 0.2) is 29.2 Å². The molecule has 0 aliphatic rings. The minimum Gasteiger partial charge on any atom is -0.379 e. The van der Waals surface area contributed by atoms with Crippen LogP contribution in [0.25, 0.3) is 0 Å². The first-order valence-electron chi connectivity index (χ1n) is 7.10. The minimum atomic E-state index is -3.17. The molecule has 0 saturated carbocycles. The van der Waals surface area contributed by atoms with Gasteiger partial charge in [0.15, 0.2) is 9.84 Å². The maximum absolute atomic E-state index is 11.6. The Morgan fingerprint density at radius 1 is 1.25 bits per heavy atom. The second-order valence-corrected chi connectivity index (χ2v) is 6.94. The monoisotopic (exact) mass is 299 g/mol. The van der Waals surface area contributed by atoms with Crippen LogP contribution in [-0.2, 0) is 14.6 Å². The molecule has 0 saturated heterocycles. The lowest BCUT2D eigenvalue weighted by Gasteiger charge is -2.19. The van der Waals surface area contributed by atoms with Gasteiger partial charge < -0.3 is 10.1 Å². The zero-order valence-electron chi connectivity index (χ0n) is 12.6. The fraction of sp³-hybridized carbons (Fsp3) is 0.600. The van der Waals surface area contributed by atoms with Crippen LogP contribution >= 0.6 is 0 Å². The van der Waals surface area contributed by atoms with Gasteiger partial charge in [-0.15, -0.1) is 0 Å². The van der Waals surface area contributed by atoms with Crippen LogP contribution in [0, 0.1) is 0 Å². The van der Waals surface area contributed by atoms with Crippen molar-refractivity contribution >= 4 is 9.84 Å². The summed E-state index contributed by atoms with van der Waals surface area (Å²) in [4.78, 5) is 0.355. The van der Waals surface area contributed by atoms with Crippen LogP contribution in [0.3, 0.4) is 0 Å². The number of nitrogens with one attached hydrogen (secondary N) is 1. The van der Waals surface area contributed by atoms with Gasteiger partial charge in [-0.05, 0) is 37.1 Å². The Kier molecular flexibility index (Phi) is 7.19. The second kappa shape index (κ2) is 8.39. The van der Waals surface area contributed by atoms with Gasteiger partial charge >= 0.3 is 0 Å².